The van der Waals surface area contributed by atoms with E-state index in [9.17, 15) is 0 Å². The lowest BCUT2D eigenvalue weighted by Gasteiger charge is -2.04. The highest BCUT2D eigenvalue weighted by Crippen LogP contribution is 2.18. The lowest BCUT2D eigenvalue weighted by Crippen LogP contribution is -1.97. The Balaban J connectivity index is 2.46. The second-order valence-corrected chi connectivity index (χ2v) is 3.18. The zero-order chi connectivity index (χ0) is 9.97. The monoisotopic (exact) mass is 209 g/mol. The number of pyridine rings is 1. The van der Waals surface area contributed by atoms with Crippen molar-refractivity contribution in [1.29, 1.82) is 0 Å². The van der Waals surface area contributed by atoms with Crippen LogP contribution in [0.2, 0.25) is 5.02 Å². The highest BCUT2D eigenvalue weighted by Gasteiger charge is 2.04. The van der Waals surface area contributed by atoms with Gasteiger partial charge in [-0.25, -0.2) is 9.97 Å². The largest absolute Gasteiger partial charge is 0.392 e. The van der Waals surface area contributed by atoms with Crippen LogP contribution in [0, 0.1) is 0 Å². The lowest BCUT2D eigenvalue weighted by molar-refractivity contribution is 0.281. The van der Waals surface area contributed by atoms with Crippen molar-refractivity contribution < 1.29 is 5.11 Å². The zero-order valence-corrected chi connectivity index (χ0v) is 8.02. The van der Waals surface area contributed by atoms with Crippen molar-refractivity contribution in [3.63, 3.8) is 0 Å². The molecule has 0 atom stereocenters. The molecule has 5 heteroatoms. The molecule has 1 N–H and O–H groups in total. The van der Waals surface area contributed by atoms with Crippen LogP contribution < -0.4 is 0 Å². The molecule has 0 amide bonds. The van der Waals surface area contributed by atoms with Crippen LogP contribution >= 0.6 is 11.6 Å². The normalized spacial score (nSPS) is 10.4. The Hall–Kier alpha value is -1.39. The van der Waals surface area contributed by atoms with E-state index in [1.807, 2.05) is 0 Å². The molecule has 72 valence electrons. The Kier molecular flexibility index (Phi) is 2.47. The number of hydrogen-bond acceptors (Lipinski definition) is 3. The van der Waals surface area contributed by atoms with E-state index in [2.05, 4.69) is 9.97 Å². The van der Waals surface area contributed by atoms with Gasteiger partial charge in [-0.3, -0.25) is 4.57 Å². The third kappa shape index (κ3) is 1.62. The number of aromatic nitrogens is 3. The second-order valence-electron chi connectivity index (χ2n) is 2.78. The summed E-state index contributed by atoms with van der Waals surface area (Å²) in [7, 11) is 0. The van der Waals surface area contributed by atoms with Gasteiger partial charge < -0.3 is 5.11 Å². The quantitative estimate of drug-likeness (QED) is 0.814. The highest BCUT2D eigenvalue weighted by atomic mass is 35.5. The fourth-order valence-corrected chi connectivity index (χ4v) is 1.42. The summed E-state index contributed by atoms with van der Waals surface area (Å²) >= 11 is 5.98. The Labute approximate surface area is 85.8 Å². The number of rotatable bonds is 2. The highest BCUT2D eigenvalue weighted by molar-refractivity contribution is 6.32. The fraction of sp³-hybridized carbons (Fsp3) is 0.111. The molecule has 2 heterocycles. The van der Waals surface area contributed by atoms with Crippen LogP contribution in [0.5, 0.6) is 0 Å². The van der Waals surface area contributed by atoms with E-state index < -0.39 is 0 Å². The SMILES string of the molecule is OCc1cnc(-n2ccnc2)c(Cl)c1. The third-order valence-electron chi connectivity index (χ3n) is 1.81. The van der Waals surface area contributed by atoms with E-state index in [0.717, 1.165) is 0 Å². The first-order valence-corrected chi connectivity index (χ1v) is 4.42. The molecule has 0 bridgehead atoms. The molecule has 0 spiro atoms. The minimum absolute atomic E-state index is 0.0586. The molecule has 0 aliphatic rings. The van der Waals surface area contributed by atoms with Crippen molar-refractivity contribution in [2.24, 2.45) is 0 Å². The smallest absolute Gasteiger partial charge is 0.156 e. The Morgan fingerprint density at radius 1 is 1.50 bits per heavy atom. The maximum absolute atomic E-state index is 8.87. The number of hydrogen-bond donors (Lipinski definition) is 1. The van der Waals surface area contributed by atoms with E-state index in [0.29, 0.717) is 16.4 Å². The third-order valence-corrected chi connectivity index (χ3v) is 2.09. The molecule has 14 heavy (non-hydrogen) atoms. The molecule has 0 saturated heterocycles. The van der Waals surface area contributed by atoms with Crippen LogP contribution in [0.1, 0.15) is 5.56 Å². The van der Waals surface area contributed by atoms with Crippen molar-refractivity contribution in [3.8, 4) is 5.82 Å². The molecule has 0 radical (unpaired) electrons. The van der Waals surface area contributed by atoms with E-state index in [1.54, 1.807) is 35.6 Å². The first-order chi connectivity index (χ1) is 6.81. The number of nitrogens with zero attached hydrogens (tertiary/aromatic N) is 3. The molecule has 0 aromatic carbocycles. The molecule has 0 aliphatic heterocycles. The summed E-state index contributed by atoms with van der Waals surface area (Å²) < 4.78 is 1.71. The molecular weight excluding hydrogens is 202 g/mol. The zero-order valence-electron chi connectivity index (χ0n) is 7.26. The number of imidazole rings is 1. The molecule has 0 fully saturated rings. The van der Waals surface area contributed by atoms with E-state index in [4.69, 9.17) is 16.7 Å². The molecule has 4 nitrogen and oxygen atoms in total. The van der Waals surface area contributed by atoms with E-state index >= 15 is 0 Å². The summed E-state index contributed by atoms with van der Waals surface area (Å²) in [6.07, 6.45) is 6.61. The maximum atomic E-state index is 8.87. The topological polar surface area (TPSA) is 50.9 Å². The molecule has 0 aliphatic carbocycles. The van der Waals surface area contributed by atoms with Crippen LogP contribution in [0.25, 0.3) is 5.82 Å². The van der Waals surface area contributed by atoms with Gasteiger partial charge in [-0.05, 0) is 11.6 Å². The Bertz CT molecular complexity index is 428. The lowest BCUT2D eigenvalue weighted by atomic mass is 10.3. The van der Waals surface area contributed by atoms with E-state index in [-0.39, 0.29) is 6.61 Å². The molecule has 2 rings (SSSR count). The minimum Gasteiger partial charge on any atom is -0.392 e. The molecule has 0 unspecified atom stereocenters. The summed E-state index contributed by atoms with van der Waals surface area (Å²) in [6, 6.07) is 1.68. The maximum Gasteiger partial charge on any atom is 0.156 e. The van der Waals surface area contributed by atoms with Gasteiger partial charge in [0.25, 0.3) is 0 Å². The summed E-state index contributed by atoms with van der Waals surface area (Å²) in [5.74, 6) is 0.612. The van der Waals surface area contributed by atoms with Crippen LogP contribution in [-0.4, -0.2) is 19.6 Å². The summed E-state index contributed by atoms with van der Waals surface area (Å²) in [5.41, 5.74) is 0.693. The second kappa shape index (κ2) is 3.77. The minimum atomic E-state index is -0.0586. The van der Waals surface area contributed by atoms with Gasteiger partial charge in [0.15, 0.2) is 5.82 Å². The van der Waals surface area contributed by atoms with Gasteiger partial charge in [-0.2, -0.15) is 0 Å². The Morgan fingerprint density at radius 3 is 2.93 bits per heavy atom. The average Bonchev–Trinajstić information content (AvgIpc) is 2.70. The van der Waals surface area contributed by atoms with Gasteiger partial charge in [-0.1, -0.05) is 11.6 Å². The molecular formula is C9H8ClN3O. The van der Waals surface area contributed by atoms with Gasteiger partial charge in [0.2, 0.25) is 0 Å². The van der Waals surface area contributed by atoms with Crippen molar-refractivity contribution in [2.45, 2.75) is 6.61 Å². The van der Waals surface area contributed by atoms with Gasteiger partial charge >= 0.3 is 0 Å². The number of aliphatic hydroxyl groups excluding tert-OH is 1. The number of aliphatic hydroxyl groups is 1. The van der Waals surface area contributed by atoms with Crippen molar-refractivity contribution in [3.05, 3.63) is 41.6 Å². The van der Waals surface area contributed by atoms with Crippen LogP contribution in [0.4, 0.5) is 0 Å². The van der Waals surface area contributed by atoms with Crippen molar-refractivity contribution >= 4 is 11.6 Å². The standard InChI is InChI=1S/C9H8ClN3O/c10-8-3-7(5-14)4-12-9(8)13-2-1-11-6-13/h1-4,6,14H,5H2. The van der Waals surface area contributed by atoms with Crippen molar-refractivity contribution in [1.82, 2.24) is 14.5 Å². The van der Waals surface area contributed by atoms with Crippen molar-refractivity contribution in [2.75, 3.05) is 0 Å². The molecule has 2 aromatic rings. The van der Waals surface area contributed by atoms with Gasteiger partial charge in [-0.15, -0.1) is 0 Å². The molecule has 0 saturated carbocycles. The predicted molar refractivity (Wildman–Crippen MR) is 52.3 cm³/mol. The Morgan fingerprint density at radius 2 is 2.36 bits per heavy atom. The summed E-state index contributed by atoms with van der Waals surface area (Å²) in [6.45, 7) is -0.0586. The predicted octanol–water partition coefficient (Wildman–Crippen LogP) is 1.41. The summed E-state index contributed by atoms with van der Waals surface area (Å²) in [4.78, 5) is 8.02. The van der Waals surface area contributed by atoms with Gasteiger partial charge in [0.05, 0.1) is 11.6 Å². The fourth-order valence-electron chi connectivity index (χ4n) is 1.13. The van der Waals surface area contributed by atoms with Crippen LogP contribution in [-0.2, 0) is 6.61 Å². The van der Waals surface area contributed by atoms with E-state index in [1.165, 1.54) is 0 Å². The van der Waals surface area contributed by atoms with Crippen LogP contribution in [0.3, 0.4) is 0 Å². The first kappa shape index (κ1) is 9.18. The summed E-state index contributed by atoms with van der Waals surface area (Å²) in [5, 5.41) is 9.36. The average molecular weight is 210 g/mol. The van der Waals surface area contributed by atoms with Gasteiger partial charge in [0.1, 0.15) is 6.33 Å². The van der Waals surface area contributed by atoms with Crippen LogP contribution in [0.15, 0.2) is 31.0 Å². The first-order valence-electron chi connectivity index (χ1n) is 4.05. The molecule has 2 aromatic heterocycles. The van der Waals surface area contributed by atoms with Gasteiger partial charge in [0, 0.05) is 18.6 Å². The number of halogens is 1.